The van der Waals surface area contributed by atoms with E-state index in [1.807, 2.05) is 30.3 Å². The first-order valence-electron chi connectivity index (χ1n) is 10.0. The molecule has 0 saturated heterocycles. The molecule has 2 aromatic heterocycles. The van der Waals surface area contributed by atoms with Gasteiger partial charge in [-0.3, -0.25) is 14.6 Å². The van der Waals surface area contributed by atoms with E-state index < -0.39 is 0 Å². The molecule has 1 amide bonds. The summed E-state index contributed by atoms with van der Waals surface area (Å²) in [5, 5.41) is 7.99. The van der Waals surface area contributed by atoms with Crippen LogP contribution in [-0.4, -0.2) is 36.3 Å². The Morgan fingerprint density at radius 3 is 2.88 bits per heavy atom. The molecule has 2 heterocycles. The topological polar surface area (TPSA) is 106 Å². The summed E-state index contributed by atoms with van der Waals surface area (Å²) in [5.74, 6) is 1.00. The highest BCUT2D eigenvalue weighted by molar-refractivity contribution is 6.07. The van der Waals surface area contributed by atoms with E-state index in [1.54, 1.807) is 37.6 Å². The number of hydrogen-bond donors (Lipinski definition) is 2. The molecule has 160 valence electrons. The predicted octanol–water partition coefficient (Wildman–Crippen LogP) is 3.99. The molecule has 5 aromatic rings. The summed E-state index contributed by atoms with van der Waals surface area (Å²) in [6.07, 6.45) is 1.64. The zero-order chi connectivity index (χ0) is 22.1. The third-order valence-corrected chi connectivity index (χ3v) is 5.22. The maximum atomic E-state index is 12.5. The van der Waals surface area contributed by atoms with Crippen molar-refractivity contribution in [2.75, 3.05) is 20.3 Å². The molecule has 0 aliphatic rings. The van der Waals surface area contributed by atoms with Gasteiger partial charge in [-0.2, -0.15) is 5.16 Å². The quantitative estimate of drug-likeness (QED) is 0.395. The van der Waals surface area contributed by atoms with Crippen LogP contribution in [0.5, 0.6) is 11.5 Å². The fraction of sp³-hybridized carbons (Fsp3) is 0.125. The number of aromatic nitrogens is 2. The molecule has 0 saturated carbocycles. The monoisotopic (exact) mass is 429 g/mol. The Morgan fingerprint density at radius 1 is 1.09 bits per heavy atom. The minimum atomic E-state index is -0.307. The number of amides is 1. The molecule has 0 fully saturated rings. The normalized spacial score (nSPS) is 11.3. The van der Waals surface area contributed by atoms with Crippen LogP contribution in [-0.2, 0) is 4.74 Å². The summed E-state index contributed by atoms with van der Waals surface area (Å²) >= 11 is 0. The molecule has 0 atom stereocenters. The molecular formula is C24H19N3O5. The second-order valence-electron chi connectivity index (χ2n) is 7.25. The Morgan fingerprint density at radius 2 is 2.00 bits per heavy atom. The maximum Gasteiger partial charge on any atom is 0.287 e. The van der Waals surface area contributed by atoms with Crippen LogP contribution in [0.1, 0.15) is 10.4 Å². The van der Waals surface area contributed by atoms with Crippen molar-refractivity contribution in [2.45, 2.75) is 0 Å². The van der Waals surface area contributed by atoms with Gasteiger partial charge < -0.3 is 19.3 Å². The summed E-state index contributed by atoms with van der Waals surface area (Å²) in [5.41, 5.74) is 1.36. The van der Waals surface area contributed by atoms with Crippen molar-refractivity contribution in [3.8, 4) is 11.5 Å². The molecule has 0 radical (unpaired) electrons. The average molecular weight is 429 g/mol. The fourth-order valence-corrected chi connectivity index (χ4v) is 3.67. The van der Waals surface area contributed by atoms with Gasteiger partial charge in [-0.1, -0.05) is 12.1 Å². The van der Waals surface area contributed by atoms with Crippen LogP contribution in [0.2, 0.25) is 0 Å². The van der Waals surface area contributed by atoms with E-state index in [-0.39, 0.29) is 11.5 Å². The van der Waals surface area contributed by atoms with Gasteiger partial charge in [0.05, 0.1) is 17.5 Å². The van der Waals surface area contributed by atoms with Crippen LogP contribution in [0.4, 0.5) is 0 Å². The van der Waals surface area contributed by atoms with Gasteiger partial charge in [-0.15, -0.1) is 0 Å². The number of carbonyl (C=O) groups is 1. The zero-order valence-corrected chi connectivity index (χ0v) is 17.2. The lowest BCUT2D eigenvalue weighted by Crippen LogP contribution is -2.27. The van der Waals surface area contributed by atoms with Crippen molar-refractivity contribution in [1.29, 1.82) is 0 Å². The van der Waals surface area contributed by atoms with Crippen LogP contribution in [0, 0.1) is 0 Å². The summed E-state index contributed by atoms with van der Waals surface area (Å²) in [4.78, 5) is 28.8. The Hall–Kier alpha value is -4.17. The van der Waals surface area contributed by atoms with Gasteiger partial charge in [0, 0.05) is 36.9 Å². The first-order chi connectivity index (χ1) is 15.6. The zero-order valence-electron chi connectivity index (χ0n) is 17.2. The Bertz CT molecular complexity index is 1520. The van der Waals surface area contributed by atoms with E-state index in [0.717, 1.165) is 10.8 Å². The van der Waals surface area contributed by atoms with Crippen LogP contribution in [0.25, 0.3) is 32.6 Å². The van der Waals surface area contributed by atoms with Crippen LogP contribution < -0.4 is 15.6 Å². The largest absolute Gasteiger partial charge is 0.457 e. The van der Waals surface area contributed by atoms with E-state index in [4.69, 9.17) is 14.0 Å². The molecule has 0 unspecified atom stereocenters. The van der Waals surface area contributed by atoms with Crippen LogP contribution in [0.15, 0.2) is 70.1 Å². The number of rotatable bonds is 6. The van der Waals surface area contributed by atoms with Crippen molar-refractivity contribution < 1.29 is 18.8 Å². The van der Waals surface area contributed by atoms with Gasteiger partial charge in [-0.25, -0.2) is 0 Å². The highest BCUT2D eigenvalue weighted by Gasteiger charge is 2.13. The number of nitrogens with zero attached hydrogens (tertiary/aromatic N) is 1. The van der Waals surface area contributed by atoms with Crippen molar-refractivity contribution in [3.63, 3.8) is 0 Å². The number of methoxy groups -OCH3 is 1. The lowest BCUT2D eigenvalue weighted by Gasteiger charge is -2.11. The minimum absolute atomic E-state index is 0.157. The van der Waals surface area contributed by atoms with Gasteiger partial charge in [0.15, 0.2) is 5.58 Å². The number of nitrogens with one attached hydrogen (secondary N) is 2. The molecule has 0 aliphatic heterocycles. The summed E-state index contributed by atoms with van der Waals surface area (Å²) in [6.45, 7) is 0.889. The summed E-state index contributed by atoms with van der Waals surface area (Å²) in [7, 11) is 1.59. The van der Waals surface area contributed by atoms with Gasteiger partial charge in [0.25, 0.3) is 11.5 Å². The molecule has 0 bridgehead atoms. The number of aromatic amines is 1. The lowest BCUT2D eigenvalue weighted by molar-refractivity contribution is 0.0938. The molecule has 3 aromatic carbocycles. The number of carbonyl (C=O) groups excluding carboxylic acids is 1. The SMILES string of the molecule is COCCNC(=O)c1cccc2cc(Oc3ccnc4cc5o[nH]c(=O)c5cc34)ccc12. The van der Waals surface area contributed by atoms with Crippen molar-refractivity contribution in [1.82, 2.24) is 15.5 Å². The highest BCUT2D eigenvalue weighted by Crippen LogP contribution is 2.32. The van der Waals surface area contributed by atoms with Gasteiger partial charge in [0.2, 0.25) is 0 Å². The number of hydrogen-bond acceptors (Lipinski definition) is 6. The number of fused-ring (bicyclic) bond motifs is 3. The Balaban J connectivity index is 1.50. The first kappa shape index (κ1) is 19.8. The van der Waals surface area contributed by atoms with Crippen molar-refractivity contribution in [2.24, 2.45) is 0 Å². The maximum absolute atomic E-state index is 12.5. The van der Waals surface area contributed by atoms with E-state index >= 15 is 0 Å². The van der Waals surface area contributed by atoms with E-state index in [0.29, 0.717) is 52.1 Å². The first-order valence-corrected chi connectivity index (χ1v) is 10.0. The second-order valence-corrected chi connectivity index (χ2v) is 7.25. The van der Waals surface area contributed by atoms with Gasteiger partial charge >= 0.3 is 0 Å². The highest BCUT2D eigenvalue weighted by atomic mass is 16.5. The van der Waals surface area contributed by atoms with Crippen molar-refractivity contribution >= 4 is 38.6 Å². The van der Waals surface area contributed by atoms with Crippen LogP contribution >= 0.6 is 0 Å². The van der Waals surface area contributed by atoms with Gasteiger partial charge in [0.1, 0.15) is 11.5 Å². The Labute approximate surface area is 181 Å². The fourth-order valence-electron chi connectivity index (χ4n) is 3.67. The molecule has 2 N–H and O–H groups in total. The van der Waals surface area contributed by atoms with E-state index in [9.17, 15) is 9.59 Å². The molecule has 8 heteroatoms. The molecule has 0 spiro atoms. The standard InChI is InChI=1S/C24H19N3O5/c1-30-10-9-26-23(28)17-4-2-3-14-11-15(5-6-16(14)17)31-21-7-8-25-20-13-22-19(12-18(20)21)24(29)27-32-22/h2-8,11-13H,9-10H2,1H3,(H,26,28)(H,27,29). The number of pyridine rings is 1. The molecule has 32 heavy (non-hydrogen) atoms. The third-order valence-electron chi connectivity index (χ3n) is 5.22. The number of benzene rings is 3. The number of ether oxygens (including phenoxy) is 2. The smallest absolute Gasteiger partial charge is 0.287 e. The van der Waals surface area contributed by atoms with E-state index in [1.165, 1.54) is 0 Å². The third kappa shape index (κ3) is 3.57. The lowest BCUT2D eigenvalue weighted by atomic mass is 10.0. The Kier molecular flexibility index (Phi) is 5.04. The molecule has 8 nitrogen and oxygen atoms in total. The van der Waals surface area contributed by atoms with Crippen LogP contribution in [0.3, 0.4) is 0 Å². The number of H-pyrrole nitrogens is 1. The molecule has 0 aliphatic carbocycles. The van der Waals surface area contributed by atoms with E-state index in [2.05, 4.69) is 15.5 Å². The van der Waals surface area contributed by atoms with Crippen molar-refractivity contribution in [3.05, 3.63) is 76.7 Å². The molecule has 5 rings (SSSR count). The summed E-state index contributed by atoms with van der Waals surface area (Å²) in [6, 6.07) is 16.2. The van der Waals surface area contributed by atoms with Gasteiger partial charge in [-0.05, 0) is 47.2 Å². The average Bonchev–Trinajstić information content (AvgIpc) is 3.17. The predicted molar refractivity (Wildman–Crippen MR) is 120 cm³/mol. The minimum Gasteiger partial charge on any atom is -0.457 e. The summed E-state index contributed by atoms with van der Waals surface area (Å²) < 4.78 is 16.3. The molecular weight excluding hydrogens is 410 g/mol. The second kappa shape index (κ2) is 8.16.